The minimum atomic E-state index is -0.518. The predicted octanol–water partition coefficient (Wildman–Crippen LogP) is 2.19. The monoisotopic (exact) mass is 371 g/mol. The van der Waals surface area contributed by atoms with Gasteiger partial charge in [-0.2, -0.15) is 0 Å². The maximum Gasteiger partial charge on any atom is 0.321 e. The summed E-state index contributed by atoms with van der Waals surface area (Å²) in [4.78, 5) is 24.2. The SMILES string of the molecule is CNC(=O)NC(=O)[C@H](C)Sc1nnc(NCCc2cccs2)s1. The van der Waals surface area contributed by atoms with Gasteiger partial charge in [0.2, 0.25) is 11.0 Å². The molecule has 2 aromatic heterocycles. The summed E-state index contributed by atoms with van der Waals surface area (Å²) in [6.45, 7) is 2.50. The van der Waals surface area contributed by atoms with E-state index in [0.29, 0.717) is 4.34 Å². The third-order valence-corrected chi connectivity index (χ3v) is 5.75. The van der Waals surface area contributed by atoms with Gasteiger partial charge < -0.3 is 10.6 Å². The standard InChI is InChI=1S/C13H17N5O2S3/c1-8(10(19)16-11(20)14-2)22-13-18-17-12(23-13)15-6-5-9-4-3-7-21-9/h3-4,7-8H,5-6H2,1-2H3,(H,15,17)(H2,14,16,19,20)/t8-/m0/s1. The van der Waals surface area contributed by atoms with Crippen LogP contribution in [0.15, 0.2) is 21.9 Å². The second kappa shape index (κ2) is 8.85. The summed E-state index contributed by atoms with van der Waals surface area (Å²) in [5.74, 6) is -0.364. The molecule has 0 saturated carbocycles. The van der Waals surface area contributed by atoms with Crippen molar-refractivity contribution < 1.29 is 9.59 Å². The van der Waals surface area contributed by atoms with E-state index in [2.05, 4.69) is 37.6 Å². The first kappa shape index (κ1) is 17.7. The Kier molecular flexibility index (Phi) is 6.81. The number of rotatable bonds is 7. The van der Waals surface area contributed by atoms with Gasteiger partial charge in [-0.1, -0.05) is 29.2 Å². The molecule has 124 valence electrons. The summed E-state index contributed by atoms with van der Waals surface area (Å²) in [5, 5.41) is 18.2. The molecule has 0 aliphatic rings. The highest BCUT2D eigenvalue weighted by Gasteiger charge is 2.18. The van der Waals surface area contributed by atoms with E-state index in [1.807, 2.05) is 6.07 Å². The lowest BCUT2D eigenvalue weighted by Gasteiger charge is -2.08. The van der Waals surface area contributed by atoms with E-state index in [0.717, 1.165) is 18.1 Å². The van der Waals surface area contributed by atoms with E-state index >= 15 is 0 Å². The third-order valence-electron chi connectivity index (χ3n) is 2.74. The topological polar surface area (TPSA) is 96.0 Å². The minimum Gasteiger partial charge on any atom is -0.360 e. The molecule has 2 heterocycles. The van der Waals surface area contributed by atoms with Crippen molar-refractivity contribution in [3.63, 3.8) is 0 Å². The van der Waals surface area contributed by atoms with Crippen molar-refractivity contribution in [3.05, 3.63) is 22.4 Å². The van der Waals surface area contributed by atoms with Gasteiger partial charge >= 0.3 is 6.03 Å². The molecule has 0 unspecified atom stereocenters. The van der Waals surface area contributed by atoms with Crippen LogP contribution in [0.3, 0.4) is 0 Å². The number of carbonyl (C=O) groups excluding carboxylic acids is 2. The van der Waals surface area contributed by atoms with E-state index in [4.69, 9.17) is 0 Å². The molecule has 0 bridgehead atoms. The maximum absolute atomic E-state index is 11.8. The Labute approximate surface area is 146 Å². The summed E-state index contributed by atoms with van der Waals surface area (Å²) in [6, 6.07) is 3.61. The molecule has 0 spiro atoms. The Bertz CT molecular complexity index is 644. The minimum absolute atomic E-state index is 0.364. The van der Waals surface area contributed by atoms with E-state index < -0.39 is 11.3 Å². The second-order valence-electron chi connectivity index (χ2n) is 4.46. The number of thiophene rings is 1. The van der Waals surface area contributed by atoms with Crippen LogP contribution >= 0.6 is 34.4 Å². The molecular weight excluding hydrogens is 354 g/mol. The van der Waals surface area contributed by atoms with Crippen LogP contribution in [-0.4, -0.2) is 41.0 Å². The van der Waals surface area contributed by atoms with Crippen LogP contribution in [0.5, 0.6) is 0 Å². The van der Waals surface area contributed by atoms with Crippen LogP contribution in [0, 0.1) is 0 Å². The average Bonchev–Trinajstić information content (AvgIpc) is 3.19. The number of hydrogen-bond donors (Lipinski definition) is 3. The molecule has 2 aromatic rings. The summed E-state index contributed by atoms with van der Waals surface area (Å²) in [7, 11) is 1.46. The van der Waals surface area contributed by atoms with Gasteiger partial charge in [-0.15, -0.1) is 21.5 Å². The molecular formula is C13H17N5O2S3. The highest BCUT2D eigenvalue weighted by atomic mass is 32.2. The van der Waals surface area contributed by atoms with E-state index in [-0.39, 0.29) is 5.91 Å². The summed E-state index contributed by atoms with van der Waals surface area (Å²) < 4.78 is 0.684. The number of aromatic nitrogens is 2. The number of thioether (sulfide) groups is 1. The highest BCUT2D eigenvalue weighted by molar-refractivity contribution is 8.02. The summed E-state index contributed by atoms with van der Waals surface area (Å²) in [5.41, 5.74) is 0. The molecule has 3 amide bonds. The van der Waals surface area contributed by atoms with Crippen molar-refractivity contribution in [2.24, 2.45) is 0 Å². The molecule has 0 aliphatic carbocycles. The van der Waals surface area contributed by atoms with Gasteiger partial charge in [-0.05, 0) is 24.8 Å². The lowest BCUT2D eigenvalue weighted by molar-refractivity contribution is -0.119. The molecule has 0 saturated heterocycles. The summed E-state index contributed by atoms with van der Waals surface area (Å²) >= 11 is 4.39. The second-order valence-corrected chi connectivity index (χ2v) is 8.06. The number of imide groups is 1. The Morgan fingerprint density at radius 3 is 2.91 bits per heavy atom. The van der Waals surface area contributed by atoms with Crippen molar-refractivity contribution in [1.82, 2.24) is 20.8 Å². The Morgan fingerprint density at radius 1 is 1.39 bits per heavy atom. The molecule has 23 heavy (non-hydrogen) atoms. The van der Waals surface area contributed by atoms with Crippen molar-refractivity contribution in [1.29, 1.82) is 0 Å². The normalized spacial score (nSPS) is 11.7. The van der Waals surface area contributed by atoms with E-state index in [9.17, 15) is 9.59 Å². The molecule has 2 rings (SSSR count). The zero-order valence-electron chi connectivity index (χ0n) is 12.7. The maximum atomic E-state index is 11.8. The van der Waals surface area contributed by atoms with E-state index in [1.165, 1.54) is 35.0 Å². The first-order valence-electron chi connectivity index (χ1n) is 6.87. The molecule has 1 atom stereocenters. The van der Waals surface area contributed by atoms with Crippen LogP contribution < -0.4 is 16.0 Å². The van der Waals surface area contributed by atoms with Crippen LogP contribution in [0.1, 0.15) is 11.8 Å². The Morgan fingerprint density at radius 2 is 2.22 bits per heavy atom. The molecule has 0 radical (unpaired) electrons. The number of carbonyl (C=O) groups is 2. The van der Waals surface area contributed by atoms with Crippen molar-refractivity contribution in [2.45, 2.75) is 22.9 Å². The van der Waals surface area contributed by atoms with Gasteiger partial charge in [0, 0.05) is 18.5 Å². The molecule has 0 fully saturated rings. The average molecular weight is 372 g/mol. The summed E-state index contributed by atoms with van der Waals surface area (Å²) in [6.07, 6.45) is 0.935. The van der Waals surface area contributed by atoms with Crippen molar-refractivity contribution >= 4 is 51.5 Å². The lowest BCUT2D eigenvalue weighted by Crippen LogP contribution is -2.41. The van der Waals surface area contributed by atoms with Gasteiger partial charge in [0.25, 0.3) is 0 Å². The molecule has 10 heteroatoms. The zero-order valence-corrected chi connectivity index (χ0v) is 15.1. The quantitative estimate of drug-likeness (QED) is 0.646. The number of nitrogens with one attached hydrogen (secondary N) is 3. The Balaban J connectivity index is 1.77. The number of nitrogens with zero attached hydrogens (tertiary/aromatic N) is 2. The van der Waals surface area contributed by atoms with Gasteiger partial charge in [-0.3, -0.25) is 10.1 Å². The lowest BCUT2D eigenvalue weighted by atomic mass is 10.3. The molecule has 7 nitrogen and oxygen atoms in total. The molecule has 0 aromatic carbocycles. The first-order valence-corrected chi connectivity index (χ1v) is 9.45. The van der Waals surface area contributed by atoms with Crippen LogP contribution in [0.4, 0.5) is 9.93 Å². The fourth-order valence-electron chi connectivity index (χ4n) is 1.56. The Hall–Kier alpha value is -1.65. The van der Waals surface area contributed by atoms with Gasteiger partial charge in [-0.25, -0.2) is 4.79 Å². The van der Waals surface area contributed by atoms with Gasteiger partial charge in [0.1, 0.15) is 0 Å². The smallest absolute Gasteiger partial charge is 0.321 e. The third kappa shape index (κ3) is 5.81. The van der Waals surface area contributed by atoms with Crippen molar-refractivity contribution in [3.8, 4) is 0 Å². The fourth-order valence-corrected chi connectivity index (χ4v) is 4.19. The van der Waals surface area contributed by atoms with Crippen molar-refractivity contribution in [2.75, 3.05) is 18.9 Å². The van der Waals surface area contributed by atoms with E-state index in [1.54, 1.807) is 18.3 Å². The van der Waals surface area contributed by atoms with Crippen LogP contribution in [0.25, 0.3) is 0 Å². The van der Waals surface area contributed by atoms with Gasteiger partial charge in [0.15, 0.2) is 4.34 Å². The van der Waals surface area contributed by atoms with Crippen LogP contribution in [-0.2, 0) is 11.2 Å². The molecule has 3 N–H and O–H groups in total. The fraction of sp³-hybridized carbons (Fsp3) is 0.385. The van der Waals surface area contributed by atoms with Gasteiger partial charge in [0.05, 0.1) is 5.25 Å². The largest absolute Gasteiger partial charge is 0.360 e. The zero-order chi connectivity index (χ0) is 16.7. The number of anilines is 1. The number of hydrogen-bond acceptors (Lipinski definition) is 8. The number of amides is 3. The van der Waals surface area contributed by atoms with Crippen LogP contribution in [0.2, 0.25) is 0 Å². The first-order chi connectivity index (χ1) is 11.1. The number of urea groups is 1. The predicted molar refractivity (Wildman–Crippen MR) is 94.3 cm³/mol. The highest BCUT2D eigenvalue weighted by Crippen LogP contribution is 2.28. The molecule has 0 aliphatic heterocycles.